The van der Waals surface area contributed by atoms with Crippen molar-refractivity contribution < 1.29 is 27.2 Å². The molecule has 0 aliphatic carbocycles. The van der Waals surface area contributed by atoms with Crippen molar-refractivity contribution in [1.82, 2.24) is 15.6 Å². The van der Waals surface area contributed by atoms with Gasteiger partial charge in [-0.2, -0.15) is 22.5 Å². The Morgan fingerprint density at radius 3 is 2.27 bits per heavy atom. The third-order valence-corrected chi connectivity index (χ3v) is 3.80. The SMILES string of the molecule is O=C1NC(=O)C2(CCCN(c3c(F)c(F)nc(F)c3F)C2)N1. The quantitative estimate of drug-likeness (QED) is 0.457. The molecule has 2 fully saturated rings. The minimum absolute atomic E-state index is 0.0711. The van der Waals surface area contributed by atoms with E-state index in [0.717, 1.165) is 4.90 Å². The molecule has 2 aliphatic rings. The molecular formula is C12H10F4N4O2. The van der Waals surface area contributed by atoms with E-state index in [2.05, 4.69) is 10.3 Å². The van der Waals surface area contributed by atoms with Crippen molar-refractivity contribution in [3.05, 3.63) is 23.5 Å². The third-order valence-electron chi connectivity index (χ3n) is 3.80. The van der Waals surface area contributed by atoms with Gasteiger partial charge in [0.15, 0.2) is 0 Å². The van der Waals surface area contributed by atoms with E-state index in [1.807, 2.05) is 5.32 Å². The Morgan fingerprint density at radius 2 is 1.73 bits per heavy atom. The van der Waals surface area contributed by atoms with Crippen molar-refractivity contribution in [3.8, 4) is 0 Å². The van der Waals surface area contributed by atoms with Gasteiger partial charge in [0.05, 0.1) is 6.54 Å². The molecule has 3 amide bonds. The fourth-order valence-electron chi connectivity index (χ4n) is 2.82. The summed E-state index contributed by atoms with van der Waals surface area (Å²) in [5.41, 5.74) is -2.30. The second-order valence-corrected chi connectivity index (χ2v) is 5.19. The third kappa shape index (κ3) is 2.06. The molecular weight excluding hydrogens is 308 g/mol. The molecule has 0 saturated carbocycles. The lowest BCUT2D eigenvalue weighted by Crippen LogP contribution is -2.59. The highest BCUT2D eigenvalue weighted by molar-refractivity contribution is 6.07. The highest BCUT2D eigenvalue weighted by Gasteiger charge is 2.49. The van der Waals surface area contributed by atoms with E-state index >= 15 is 0 Å². The summed E-state index contributed by atoms with van der Waals surface area (Å²) in [6.07, 6.45) is 0.540. The van der Waals surface area contributed by atoms with Gasteiger partial charge in [-0.1, -0.05) is 0 Å². The van der Waals surface area contributed by atoms with Gasteiger partial charge in [-0.25, -0.2) is 4.79 Å². The number of rotatable bonds is 1. The number of halogens is 4. The number of carbonyl (C=O) groups is 2. The summed E-state index contributed by atoms with van der Waals surface area (Å²) in [6, 6.07) is -0.722. The zero-order valence-electron chi connectivity index (χ0n) is 11.1. The van der Waals surface area contributed by atoms with Crippen LogP contribution in [0.4, 0.5) is 28.0 Å². The minimum Gasteiger partial charge on any atom is -0.364 e. The van der Waals surface area contributed by atoms with E-state index in [1.54, 1.807) is 0 Å². The Labute approximate surface area is 121 Å². The molecule has 1 spiro atoms. The summed E-state index contributed by atoms with van der Waals surface area (Å²) in [6.45, 7) is -0.233. The number of amides is 3. The maximum absolute atomic E-state index is 13.8. The fourth-order valence-corrected chi connectivity index (χ4v) is 2.82. The zero-order chi connectivity index (χ0) is 16.1. The van der Waals surface area contributed by atoms with Gasteiger partial charge in [0.25, 0.3) is 17.8 Å². The Kier molecular flexibility index (Phi) is 3.18. The van der Waals surface area contributed by atoms with Crippen LogP contribution < -0.4 is 15.5 Å². The topological polar surface area (TPSA) is 74.3 Å². The minimum atomic E-state index is -1.77. The molecule has 3 heterocycles. The maximum atomic E-state index is 13.8. The van der Waals surface area contributed by atoms with Crippen LogP contribution in [0.3, 0.4) is 0 Å². The number of imide groups is 1. The molecule has 1 unspecified atom stereocenters. The van der Waals surface area contributed by atoms with Crippen LogP contribution in [0.15, 0.2) is 0 Å². The summed E-state index contributed by atoms with van der Waals surface area (Å²) < 4.78 is 54.0. The van der Waals surface area contributed by atoms with Gasteiger partial charge in [0.1, 0.15) is 11.2 Å². The van der Waals surface area contributed by atoms with E-state index in [4.69, 9.17) is 0 Å². The average molecular weight is 318 g/mol. The van der Waals surface area contributed by atoms with Crippen LogP contribution in [0, 0.1) is 23.5 Å². The van der Waals surface area contributed by atoms with Crippen molar-refractivity contribution in [1.29, 1.82) is 0 Å². The van der Waals surface area contributed by atoms with Gasteiger partial charge >= 0.3 is 6.03 Å². The number of urea groups is 1. The standard InChI is InChI=1S/C12H10F4N4O2/c13-5-7(6(14)9(16)17-8(5)15)20-3-1-2-12(4-20)10(21)18-11(22)19-12/h1-4H2,(H2,18,19,21,22). The van der Waals surface area contributed by atoms with E-state index in [0.29, 0.717) is 0 Å². The summed E-state index contributed by atoms with van der Waals surface area (Å²) in [5.74, 6) is -7.46. The van der Waals surface area contributed by atoms with Gasteiger partial charge < -0.3 is 10.2 Å². The van der Waals surface area contributed by atoms with Crippen molar-refractivity contribution in [2.45, 2.75) is 18.4 Å². The molecule has 2 N–H and O–H groups in total. The van der Waals surface area contributed by atoms with E-state index in [-0.39, 0.29) is 25.9 Å². The van der Waals surface area contributed by atoms with E-state index < -0.39 is 46.7 Å². The highest BCUT2D eigenvalue weighted by Crippen LogP contribution is 2.32. The predicted octanol–water partition coefficient (Wildman–Crippen LogP) is 0.816. The fraction of sp³-hybridized carbons (Fsp3) is 0.417. The van der Waals surface area contributed by atoms with Crippen molar-refractivity contribution >= 4 is 17.6 Å². The predicted molar refractivity (Wildman–Crippen MR) is 64.9 cm³/mol. The van der Waals surface area contributed by atoms with Gasteiger partial charge in [0, 0.05) is 6.54 Å². The Balaban J connectivity index is 2.00. The number of piperidine rings is 1. The number of aromatic nitrogens is 1. The van der Waals surface area contributed by atoms with Crippen LogP contribution in [0.2, 0.25) is 0 Å². The van der Waals surface area contributed by atoms with Crippen LogP contribution >= 0.6 is 0 Å². The largest absolute Gasteiger partial charge is 0.364 e. The number of hydrogen-bond acceptors (Lipinski definition) is 4. The molecule has 6 nitrogen and oxygen atoms in total. The Hall–Kier alpha value is -2.39. The van der Waals surface area contributed by atoms with Crippen LogP contribution in [0.1, 0.15) is 12.8 Å². The second kappa shape index (κ2) is 4.82. The van der Waals surface area contributed by atoms with Crippen LogP contribution in [0.5, 0.6) is 0 Å². The zero-order valence-corrected chi connectivity index (χ0v) is 11.1. The van der Waals surface area contributed by atoms with Crippen molar-refractivity contribution in [3.63, 3.8) is 0 Å². The monoisotopic (exact) mass is 318 g/mol. The lowest BCUT2D eigenvalue weighted by Gasteiger charge is -2.39. The molecule has 118 valence electrons. The van der Waals surface area contributed by atoms with Crippen LogP contribution in [0.25, 0.3) is 0 Å². The molecule has 22 heavy (non-hydrogen) atoms. The summed E-state index contributed by atoms with van der Waals surface area (Å²) in [5, 5.41) is 4.44. The van der Waals surface area contributed by atoms with Gasteiger partial charge in [-0.3, -0.25) is 10.1 Å². The first-order chi connectivity index (χ1) is 10.3. The first-order valence-electron chi connectivity index (χ1n) is 6.42. The lowest BCUT2D eigenvalue weighted by molar-refractivity contribution is -0.124. The second-order valence-electron chi connectivity index (χ2n) is 5.19. The molecule has 1 aromatic heterocycles. The molecule has 3 rings (SSSR count). The molecule has 1 atom stereocenters. The molecule has 2 saturated heterocycles. The van der Waals surface area contributed by atoms with Gasteiger partial charge in [-0.05, 0) is 12.8 Å². The molecule has 0 bridgehead atoms. The number of nitrogens with zero attached hydrogens (tertiary/aromatic N) is 2. The first kappa shape index (κ1) is 14.5. The normalized spacial score (nSPS) is 24.6. The van der Waals surface area contributed by atoms with Crippen molar-refractivity contribution in [2.75, 3.05) is 18.0 Å². The van der Waals surface area contributed by atoms with Crippen molar-refractivity contribution in [2.24, 2.45) is 0 Å². The highest BCUT2D eigenvalue weighted by atomic mass is 19.2. The number of carbonyl (C=O) groups excluding carboxylic acids is 2. The Bertz CT molecular complexity index is 657. The summed E-state index contributed by atoms with van der Waals surface area (Å²) in [7, 11) is 0. The average Bonchev–Trinajstić information content (AvgIpc) is 2.71. The van der Waals surface area contributed by atoms with Crippen LogP contribution in [-0.2, 0) is 4.79 Å². The Morgan fingerprint density at radius 1 is 1.09 bits per heavy atom. The molecule has 0 aromatic carbocycles. The van der Waals surface area contributed by atoms with E-state index in [1.165, 1.54) is 0 Å². The van der Waals surface area contributed by atoms with Gasteiger partial charge in [0.2, 0.25) is 11.6 Å². The number of nitrogens with one attached hydrogen (secondary N) is 2. The number of hydrogen-bond donors (Lipinski definition) is 2. The van der Waals surface area contributed by atoms with Crippen LogP contribution in [-0.4, -0.2) is 35.6 Å². The van der Waals surface area contributed by atoms with Gasteiger partial charge in [-0.15, -0.1) is 0 Å². The maximum Gasteiger partial charge on any atom is 0.322 e. The molecule has 1 aromatic rings. The van der Waals surface area contributed by atoms with E-state index in [9.17, 15) is 27.2 Å². The number of anilines is 1. The lowest BCUT2D eigenvalue weighted by atomic mass is 9.89. The first-order valence-corrected chi connectivity index (χ1v) is 6.42. The molecule has 10 heteroatoms. The number of pyridine rings is 1. The summed E-state index contributed by atoms with van der Waals surface area (Å²) in [4.78, 5) is 26.6. The molecule has 0 radical (unpaired) electrons. The summed E-state index contributed by atoms with van der Waals surface area (Å²) >= 11 is 0. The molecule has 2 aliphatic heterocycles. The smallest absolute Gasteiger partial charge is 0.322 e.